The van der Waals surface area contributed by atoms with Gasteiger partial charge in [-0.15, -0.1) is 0 Å². The molecule has 0 unspecified atom stereocenters. The number of carbonyl (C=O) groups excluding carboxylic acids is 1. The van der Waals surface area contributed by atoms with Gasteiger partial charge in [-0.25, -0.2) is 0 Å². The van der Waals surface area contributed by atoms with Gasteiger partial charge in [0.15, 0.2) is 0 Å². The summed E-state index contributed by atoms with van der Waals surface area (Å²) in [4.78, 5) is 10.0. The van der Waals surface area contributed by atoms with Gasteiger partial charge in [-0.3, -0.25) is 4.79 Å². The van der Waals surface area contributed by atoms with Crippen LogP contribution in [0.4, 0.5) is 0 Å². The minimum atomic E-state index is 0.0906. The van der Waals surface area contributed by atoms with E-state index in [9.17, 15) is 4.79 Å². The Morgan fingerprint density at radius 1 is 1.27 bits per heavy atom. The highest BCUT2D eigenvalue weighted by molar-refractivity contribution is 5.37. The van der Waals surface area contributed by atoms with E-state index in [1.54, 1.807) is 0 Å². The lowest BCUT2D eigenvalue weighted by atomic mass is 10.1. The van der Waals surface area contributed by atoms with Gasteiger partial charge in [0.25, 0.3) is 6.47 Å². The normalized spacial score (nSPS) is 26.7. The van der Waals surface area contributed by atoms with Crippen molar-refractivity contribution in [1.29, 1.82) is 0 Å². The fourth-order valence-electron chi connectivity index (χ4n) is 1.25. The molecule has 1 aliphatic heterocycles. The molecule has 1 heterocycles. The zero-order chi connectivity index (χ0) is 7.94. The lowest BCUT2D eigenvalue weighted by Crippen LogP contribution is -2.17. The van der Waals surface area contributed by atoms with Crippen LogP contribution in [-0.4, -0.2) is 25.8 Å². The Morgan fingerprint density at radius 2 is 2.18 bits per heavy atom. The molecule has 0 saturated carbocycles. The largest absolute Gasteiger partial charge is 0.464 e. The van der Waals surface area contributed by atoms with Gasteiger partial charge in [0.2, 0.25) is 0 Å². The summed E-state index contributed by atoms with van der Waals surface area (Å²) in [5, 5.41) is 0. The van der Waals surface area contributed by atoms with E-state index in [0.29, 0.717) is 6.47 Å². The second kappa shape index (κ2) is 5.13. The van der Waals surface area contributed by atoms with Crippen molar-refractivity contribution in [2.24, 2.45) is 0 Å². The van der Waals surface area contributed by atoms with Gasteiger partial charge in [0.1, 0.15) is 6.10 Å². The number of hydrogen-bond acceptors (Lipinski definition) is 3. The van der Waals surface area contributed by atoms with Crippen molar-refractivity contribution in [3.05, 3.63) is 0 Å². The van der Waals surface area contributed by atoms with Crippen molar-refractivity contribution in [2.75, 3.05) is 13.2 Å². The molecular weight excluding hydrogens is 144 g/mol. The zero-order valence-corrected chi connectivity index (χ0v) is 6.62. The summed E-state index contributed by atoms with van der Waals surface area (Å²) in [6.45, 7) is 2.11. The first-order valence-electron chi connectivity index (χ1n) is 4.10. The van der Waals surface area contributed by atoms with Gasteiger partial charge >= 0.3 is 0 Å². The van der Waals surface area contributed by atoms with Crippen LogP contribution in [0.3, 0.4) is 0 Å². The van der Waals surface area contributed by atoms with E-state index in [-0.39, 0.29) is 6.10 Å². The van der Waals surface area contributed by atoms with Crippen molar-refractivity contribution >= 4 is 6.47 Å². The Morgan fingerprint density at radius 3 is 3.00 bits per heavy atom. The standard InChI is InChI=1S/C8H14O3/c9-7-11-8-3-1-2-5-10-6-4-8/h7-8H,1-6H2/t8-/m0/s1. The smallest absolute Gasteiger partial charge is 0.293 e. The third-order valence-electron chi connectivity index (χ3n) is 1.90. The Bertz CT molecular complexity index is 106. The molecule has 1 saturated heterocycles. The Hall–Kier alpha value is -0.570. The van der Waals surface area contributed by atoms with Crippen molar-refractivity contribution in [1.82, 2.24) is 0 Å². The van der Waals surface area contributed by atoms with E-state index in [1.165, 1.54) is 0 Å². The number of ether oxygens (including phenoxy) is 2. The van der Waals surface area contributed by atoms with Crippen LogP contribution in [0, 0.1) is 0 Å². The highest BCUT2D eigenvalue weighted by Gasteiger charge is 2.10. The summed E-state index contributed by atoms with van der Waals surface area (Å²) in [7, 11) is 0. The fourth-order valence-corrected chi connectivity index (χ4v) is 1.25. The lowest BCUT2D eigenvalue weighted by molar-refractivity contribution is -0.135. The van der Waals surface area contributed by atoms with Crippen LogP contribution in [0.5, 0.6) is 0 Å². The molecule has 0 aromatic rings. The van der Waals surface area contributed by atoms with Crippen molar-refractivity contribution in [2.45, 2.75) is 31.8 Å². The topological polar surface area (TPSA) is 35.5 Å². The number of carbonyl (C=O) groups is 1. The van der Waals surface area contributed by atoms with Crippen molar-refractivity contribution in [3.8, 4) is 0 Å². The molecular formula is C8H14O3. The van der Waals surface area contributed by atoms with Gasteiger partial charge < -0.3 is 9.47 Å². The van der Waals surface area contributed by atoms with E-state index in [1.807, 2.05) is 0 Å². The average molecular weight is 158 g/mol. The first-order chi connectivity index (χ1) is 5.43. The minimum Gasteiger partial charge on any atom is -0.464 e. The molecule has 0 N–H and O–H groups in total. The molecule has 0 spiro atoms. The minimum absolute atomic E-state index is 0.0906. The molecule has 11 heavy (non-hydrogen) atoms. The Kier molecular flexibility index (Phi) is 3.98. The molecule has 3 nitrogen and oxygen atoms in total. The second-order valence-corrected chi connectivity index (χ2v) is 2.75. The molecule has 0 bridgehead atoms. The summed E-state index contributed by atoms with van der Waals surface area (Å²) in [6, 6.07) is 0. The van der Waals surface area contributed by atoms with Gasteiger partial charge in [0.05, 0.1) is 6.61 Å². The van der Waals surface area contributed by atoms with Crippen LogP contribution in [0.1, 0.15) is 25.7 Å². The second-order valence-electron chi connectivity index (χ2n) is 2.75. The van der Waals surface area contributed by atoms with Crippen LogP contribution in [0.2, 0.25) is 0 Å². The van der Waals surface area contributed by atoms with Crippen LogP contribution in [-0.2, 0) is 14.3 Å². The van der Waals surface area contributed by atoms with Crippen molar-refractivity contribution in [3.63, 3.8) is 0 Å². The van der Waals surface area contributed by atoms with Crippen LogP contribution < -0.4 is 0 Å². The summed E-state index contributed by atoms with van der Waals surface area (Å²) >= 11 is 0. The average Bonchev–Trinajstić information content (AvgIpc) is 1.94. The summed E-state index contributed by atoms with van der Waals surface area (Å²) in [5.74, 6) is 0. The van der Waals surface area contributed by atoms with Crippen LogP contribution >= 0.6 is 0 Å². The Labute approximate surface area is 66.7 Å². The molecule has 0 aliphatic carbocycles. The first kappa shape index (κ1) is 8.53. The maximum Gasteiger partial charge on any atom is 0.293 e. The quantitative estimate of drug-likeness (QED) is 0.565. The fraction of sp³-hybridized carbons (Fsp3) is 0.875. The van der Waals surface area contributed by atoms with Gasteiger partial charge in [-0.1, -0.05) is 0 Å². The first-order valence-corrected chi connectivity index (χ1v) is 4.10. The van der Waals surface area contributed by atoms with Crippen LogP contribution in [0.25, 0.3) is 0 Å². The third kappa shape index (κ3) is 3.37. The molecule has 1 aliphatic rings. The highest BCUT2D eigenvalue weighted by Crippen LogP contribution is 2.11. The molecule has 0 radical (unpaired) electrons. The lowest BCUT2D eigenvalue weighted by Gasteiger charge is -2.17. The number of rotatable bonds is 2. The zero-order valence-electron chi connectivity index (χ0n) is 6.62. The maximum atomic E-state index is 10.0. The summed E-state index contributed by atoms with van der Waals surface area (Å²) in [5.41, 5.74) is 0. The van der Waals surface area contributed by atoms with Crippen LogP contribution in [0.15, 0.2) is 0 Å². The molecule has 64 valence electrons. The molecule has 0 aromatic heterocycles. The van der Waals surface area contributed by atoms with E-state index in [2.05, 4.69) is 0 Å². The van der Waals surface area contributed by atoms with E-state index in [4.69, 9.17) is 9.47 Å². The highest BCUT2D eigenvalue weighted by atomic mass is 16.5. The van der Waals surface area contributed by atoms with E-state index in [0.717, 1.165) is 38.9 Å². The van der Waals surface area contributed by atoms with Gasteiger partial charge in [0, 0.05) is 13.0 Å². The summed E-state index contributed by atoms with van der Waals surface area (Å²) in [6.07, 6.45) is 4.10. The Balaban J connectivity index is 2.20. The third-order valence-corrected chi connectivity index (χ3v) is 1.90. The molecule has 1 rings (SSSR count). The predicted molar refractivity (Wildman–Crippen MR) is 40.2 cm³/mol. The molecule has 3 heteroatoms. The van der Waals surface area contributed by atoms with E-state index >= 15 is 0 Å². The predicted octanol–water partition coefficient (Wildman–Crippen LogP) is 1.12. The number of hydrogen-bond donors (Lipinski definition) is 0. The molecule has 1 fully saturated rings. The SMILES string of the molecule is O=CO[C@H]1CCCCOCC1. The van der Waals surface area contributed by atoms with E-state index < -0.39 is 0 Å². The van der Waals surface area contributed by atoms with Crippen molar-refractivity contribution < 1.29 is 14.3 Å². The molecule has 0 amide bonds. The molecule has 0 aromatic carbocycles. The summed E-state index contributed by atoms with van der Waals surface area (Å²) < 4.78 is 10.1. The molecule has 1 atom stereocenters. The van der Waals surface area contributed by atoms with Gasteiger partial charge in [-0.05, 0) is 19.3 Å². The van der Waals surface area contributed by atoms with Gasteiger partial charge in [-0.2, -0.15) is 0 Å². The monoisotopic (exact) mass is 158 g/mol. The maximum absolute atomic E-state index is 10.0.